The molecule has 0 radical (unpaired) electrons. The van der Waals surface area contributed by atoms with E-state index in [9.17, 15) is 9.59 Å². The molecule has 0 spiro atoms. The summed E-state index contributed by atoms with van der Waals surface area (Å²) in [6, 6.07) is 22.1. The Kier molecular flexibility index (Phi) is 8.59. The summed E-state index contributed by atoms with van der Waals surface area (Å²) in [5, 5.41) is 3.49. The minimum atomic E-state index is -0.532. The van der Waals surface area contributed by atoms with E-state index >= 15 is 0 Å². The minimum absolute atomic E-state index is 0.365. The maximum absolute atomic E-state index is 12.4. The Balaban J connectivity index is 1.57. The lowest BCUT2D eigenvalue weighted by Gasteiger charge is -2.20. The number of halogens is 1. The number of rotatable bonds is 9. The lowest BCUT2D eigenvalue weighted by molar-refractivity contribution is -0.119. The second-order valence-electron chi connectivity index (χ2n) is 6.90. The molecule has 0 fully saturated rings. The Hall–Kier alpha value is -2.96. The first kappa shape index (κ1) is 23.7. The Bertz CT molecular complexity index is 1050. The van der Waals surface area contributed by atoms with E-state index in [0.29, 0.717) is 16.3 Å². The Morgan fingerprint density at radius 3 is 2.25 bits per heavy atom. The number of nitrogens with zero attached hydrogens (tertiary/aromatic N) is 1. The number of para-hydroxylation sites is 1. The average molecular weight is 469 g/mol. The van der Waals surface area contributed by atoms with Gasteiger partial charge in [0.1, 0.15) is 0 Å². The molecule has 0 saturated heterocycles. The third kappa shape index (κ3) is 6.52. The summed E-state index contributed by atoms with van der Waals surface area (Å²) < 4.78 is 5.20. The quantitative estimate of drug-likeness (QED) is 0.382. The van der Waals surface area contributed by atoms with Crippen molar-refractivity contribution in [3.63, 3.8) is 0 Å². The van der Waals surface area contributed by atoms with E-state index in [1.807, 2.05) is 60.7 Å². The zero-order valence-corrected chi connectivity index (χ0v) is 19.6. The van der Waals surface area contributed by atoms with Gasteiger partial charge in [-0.1, -0.05) is 35.5 Å². The van der Waals surface area contributed by atoms with Crippen LogP contribution in [0.5, 0.6) is 0 Å². The largest absolute Gasteiger partial charge is 0.452 e. The molecule has 5 nitrogen and oxygen atoms in total. The third-order valence-electron chi connectivity index (χ3n) is 4.77. The van der Waals surface area contributed by atoms with E-state index in [2.05, 4.69) is 24.1 Å². The van der Waals surface area contributed by atoms with Crippen molar-refractivity contribution in [2.75, 3.05) is 29.9 Å². The molecular formula is C25H25ClN2O3S. The maximum Gasteiger partial charge on any atom is 0.338 e. The van der Waals surface area contributed by atoms with Gasteiger partial charge in [0, 0.05) is 33.6 Å². The molecular weight excluding hydrogens is 444 g/mol. The van der Waals surface area contributed by atoms with E-state index in [0.717, 1.165) is 28.6 Å². The molecule has 0 unspecified atom stereocenters. The van der Waals surface area contributed by atoms with Crippen molar-refractivity contribution in [1.29, 1.82) is 0 Å². The first-order valence-corrected chi connectivity index (χ1v) is 11.5. The van der Waals surface area contributed by atoms with Crippen LogP contribution in [0.2, 0.25) is 5.02 Å². The van der Waals surface area contributed by atoms with Crippen LogP contribution >= 0.6 is 23.4 Å². The van der Waals surface area contributed by atoms with Gasteiger partial charge < -0.3 is 15.0 Å². The summed E-state index contributed by atoms with van der Waals surface area (Å²) in [5.41, 5.74) is 2.10. The van der Waals surface area contributed by atoms with Gasteiger partial charge in [-0.3, -0.25) is 4.79 Å². The van der Waals surface area contributed by atoms with Crippen LogP contribution in [0, 0.1) is 0 Å². The Morgan fingerprint density at radius 1 is 0.938 bits per heavy atom. The second-order valence-corrected chi connectivity index (χ2v) is 8.45. The predicted molar refractivity (Wildman–Crippen MR) is 131 cm³/mol. The van der Waals surface area contributed by atoms with Gasteiger partial charge in [0.15, 0.2) is 6.61 Å². The fourth-order valence-electron chi connectivity index (χ4n) is 3.09. The monoisotopic (exact) mass is 468 g/mol. The number of amides is 1. The fraction of sp³-hybridized carbons (Fsp3) is 0.200. The van der Waals surface area contributed by atoms with Gasteiger partial charge in [-0.05, 0) is 74.5 Å². The fourth-order valence-corrected chi connectivity index (χ4v) is 4.11. The number of nitrogens with one attached hydrogen (secondary N) is 1. The van der Waals surface area contributed by atoms with Gasteiger partial charge in [0.25, 0.3) is 5.91 Å². The van der Waals surface area contributed by atoms with Crippen LogP contribution in [0.1, 0.15) is 24.2 Å². The summed E-state index contributed by atoms with van der Waals surface area (Å²) in [5.74, 6) is -0.933. The molecule has 0 bridgehead atoms. The summed E-state index contributed by atoms with van der Waals surface area (Å²) in [6.45, 7) is 5.57. The number of anilines is 2. The first-order valence-electron chi connectivity index (χ1n) is 10.3. The highest BCUT2D eigenvalue weighted by Crippen LogP contribution is 2.33. The molecule has 0 saturated carbocycles. The lowest BCUT2D eigenvalue weighted by atomic mass is 10.2. The van der Waals surface area contributed by atoms with Crippen molar-refractivity contribution < 1.29 is 14.3 Å². The number of esters is 1. The molecule has 166 valence electrons. The maximum atomic E-state index is 12.4. The number of hydrogen-bond acceptors (Lipinski definition) is 5. The van der Waals surface area contributed by atoms with Crippen LogP contribution in [0.4, 0.5) is 11.4 Å². The summed E-state index contributed by atoms with van der Waals surface area (Å²) >= 11 is 7.45. The van der Waals surface area contributed by atoms with Crippen LogP contribution in [-0.2, 0) is 9.53 Å². The Morgan fingerprint density at radius 2 is 1.59 bits per heavy atom. The summed E-state index contributed by atoms with van der Waals surface area (Å²) in [4.78, 5) is 28.8. The number of ether oxygens (including phenoxy) is 1. The van der Waals surface area contributed by atoms with Crippen molar-refractivity contribution in [2.24, 2.45) is 0 Å². The number of hydrogen-bond donors (Lipinski definition) is 1. The highest BCUT2D eigenvalue weighted by molar-refractivity contribution is 7.99. The van der Waals surface area contributed by atoms with Crippen molar-refractivity contribution in [1.82, 2.24) is 0 Å². The second kappa shape index (κ2) is 11.6. The van der Waals surface area contributed by atoms with Gasteiger partial charge >= 0.3 is 5.97 Å². The number of carbonyl (C=O) groups is 2. The highest BCUT2D eigenvalue weighted by Gasteiger charge is 2.13. The highest BCUT2D eigenvalue weighted by atomic mass is 35.5. The smallest absolute Gasteiger partial charge is 0.338 e. The number of benzene rings is 3. The molecule has 7 heteroatoms. The van der Waals surface area contributed by atoms with Gasteiger partial charge in [-0.25, -0.2) is 4.79 Å². The summed E-state index contributed by atoms with van der Waals surface area (Å²) in [7, 11) is 0. The van der Waals surface area contributed by atoms with Crippen molar-refractivity contribution in [3.05, 3.63) is 83.4 Å². The van der Waals surface area contributed by atoms with E-state index in [4.69, 9.17) is 16.3 Å². The van der Waals surface area contributed by atoms with Crippen molar-refractivity contribution in [2.45, 2.75) is 23.6 Å². The third-order valence-corrected chi connectivity index (χ3v) is 6.10. The van der Waals surface area contributed by atoms with Crippen molar-refractivity contribution >= 4 is 46.6 Å². The normalized spacial score (nSPS) is 10.5. The molecule has 3 aromatic carbocycles. The molecule has 0 aliphatic heterocycles. The molecule has 3 rings (SSSR count). The molecule has 3 aromatic rings. The predicted octanol–water partition coefficient (Wildman–Crippen LogP) is 6.13. The van der Waals surface area contributed by atoms with Crippen LogP contribution in [0.25, 0.3) is 0 Å². The molecule has 1 amide bonds. The number of carbonyl (C=O) groups excluding carboxylic acids is 2. The van der Waals surface area contributed by atoms with Crippen LogP contribution in [0.15, 0.2) is 82.6 Å². The van der Waals surface area contributed by atoms with E-state index in [1.54, 1.807) is 12.1 Å². The Labute approximate surface area is 197 Å². The minimum Gasteiger partial charge on any atom is -0.452 e. The van der Waals surface area contributed by atoms with Crippen LogP contribution in [-0.4, -0.2) is 31.6 Å². The van der Waals surface area contributed by atoms with E-state index in [-0.39, 0.29) is 6.61 Å². The standard InChI is InChI=1S/C25H25ClN2O3S/c1-3-28(4-2)20-13-9-18(10-14-20)25(30)31-17-24(29)27-22-7-5-6-8-23(22)32-21-15-11-19(26)12-16-21/h5-16H,3-4,17H2,1-2H3,(H,27,29). The molecule has 32 heavy (non-hydrogen) atoms. The SMILES string of the molecule is CCN(CC)c1ccc(C(=O)OCC(=O)Nc2ccccc2Sc2ccc(Cl)cc2)cc1. The zero-order chi connectivity index (χ0) is 22.9. The van der Waals surface area contributed by atoms with E-state index < -0.39 is 11.9 Å². The van der Waals surface area contributed by atoms with E-state index in [1.165, 1.54) is 11.8 Å². The van der Waals surface area contributed by atoms with Gasteiger partial charge in [-0.2, -0.15) is 0 Å². The molecule has 0 heterocycles. The van der Waals surface area contributed by atoms with Crippen LogP contribution < -0.4 is 10.2 Å². The van der Waals surface area contributed by atoms with Gasteiger partial charge in [-0.15, -0.1) is 0 Å². The topological polar surface area (TPSA) is 58.6 Å². The van der Waals surface area contributed by atoms with Gasteiger partial charge in [0.05, 0.1) is 11.3 Å². The molecule has 1 N–H and O–H groups in total. The van der Waals surface area contributed by atoms with Crippen LogP contribution in [0.3, 0.4) is 0 Å². The summed E-state index contributed by atoms with van der Waals surface area (Å²) in [6.07, 6.45) is 0. The van der Waals surface area contributed by atoms with Crippen molar-refractivity contribution in [3.8, 4) is 0 Å². The average Bonchev–Trinajstić information content (AvgIpc) is 2.81. The first-order chi connectivity index (χ1) is 15.5. The lowest BCUT2D eigenvalue weighted by Crippen LogP contribution is -2.22. The molecule has 0 aliphatic rings. The molecule has 0 aromatic heterocycles. The molecule has 0 aliphatic carbocycles. The van der Waals surface area contributed by atoms with Gasteiger partial charge in [0.2, 0.25) is 0 Å². The molecule has 0 atom stereocenters. The zero-order valence-electron chi connectivity index (χ0n) is 18.0.